The van der Waals surface area contributed by atoms with Crippen LogP contribution in [0.15, 0.2) is 47.0 Å². The van der Waals surface area contributed by atoms with Gasteiger partial charge in [0.15, 0.2) is 0 Å². The van der Waals surface area contributed by atoms with Gasteiger partial charge in [-0.25, -0.2) is 4.79 Å². The molecule has 1 saturated heterocycles. The molecule has 3 heterocycles. The second-order valence-electron chi connectivity index (χ2n) is 6.63. The number of thioether (sulfide) groups is 1. The molecule has 1 aromatic carbocycles. The summed E-state index contributed by atoms with van der Waals surface area (Å²) in [6, 6.07) is 6.50. The standard InChI is InChI=1S/C20H18N4O5S2/c1-28-15-6-2-12(3-7-15)8-29-20(27)17-13(4-5-14-10-31-23-22-14)9-30-19-16(21-11-25)18(26)24(17)19/h2-7,10-11,16,19H,8-9H2,1H3,(H,21,25)/b5-4-/t16?,19-/m1/s1. The number of ether oxygens (including phenoxy) is 2. The summed E-state index contributed by atoms with van der Waals surface area (Å²) in [5.74, 6) is 0.234. The molecule has 160 valence electrons. The van der Waals surface area contributed by atoms with E-state index in [1.807, 2.05) is 0 Å². The van der Waals surface area contributed by atoms with Crippen LogP contribution >= 0.6 is 23.3 Å². The number of carbonyl (C=O) groups is 3. The number of carbonyl (C=O) groups excluding carboxylic acids is 3. The van der Waals surface area contributed by atoms with Crippen LogP contribution < -0.4 is 10.1 Å². The lowest BCUT2D eigenvalue weighted by atomic mass is 10.0. The van der Waals surface area contributed by atoms with Gasteiger partial charge < -0.3 is 14.8 Å². The monoisotopic (exact) mass is 458 g/mol. The number of aromatic nitrogens is 2. The number of esters is 1. The Morgan fingerprint density at radius 1 is 1.32 bits per heavy atom. The van der Waals surface area contributed by atoms with Gasteiger partial charge >= 0.3 is 5.97 Å². The number of benzene rings is 1. The van der Waals surface area contributed by atoms with Crippen LogP contribution in [-0.4, -0.2) is 57.1 Å². The lowest BCUT2D eigenvalue weighted by Crippen LogP contribution is -2.69. The Morgan fingerprint density at radius 2 is 2.13 bits per heavy atom. The van der Waals surface area contributed by atoms with Gasteiger partial charge in [-0.05, 0) is 40.9 Å². The fourth-order valence-electron chi connectivity index (χ4n) is 3.22. The van der Waals surface area contributed by atoms with Crippen molar-refractivity contribution in [1.82, 2.24) is 19.8 Å². The summed E-state index contributed by atoms with van der Waals surface area (Å²) < 4.78 is 14.5. The van der Waals surface area contributed by atoms with Gasteiger partial charge in [0.25, 0.3) is 5.91 Å². The van der Waals surface area contributed by atoms with Crippen LogP contribution in [0.4, 0.5) is 0 Å². The summed E-state index contributed by atoms with van der Waals surface area (Å²) in [5.41, 5.74) is 2.28. The van der Waals surface area contributed by atoms with Crippen molar-refractivity contribution in [2.75, 3.05) is 12.9 Å². The molecule has 11 heteroatoms. The summed E-state index contributed by atoms with van der Waals surface area (Å²) in [7, 11) is 1.58. The molecule has 9 nitrogen and oxygen atoms in total. The van der Waals surface area contributed by atoms with Crippen LogP contribution in [0.2, 0.25) is 0 Å². The first-order valence-electron chi connectivity index (χ1n) is 9.25. The Kier molecular flexibility index (Phi) is 6.33. The highest BCUT2D eigenvalue weighted by atomic mass is 32.2. The average molecular weight is 459 g/mol. The Hall–Kier alpha value is -3.18. The van der Waals surface area contributed by atoms with Crippen LogP contribution in [0.3, 0.4) is 0 Å². The van der Waals surface area contributed by atoms with Gasteiger partial charge in [0, 0.05) is 11.1 Å². The third-order valence-electron chi connectivity index (χ3n) is 4.80. The Morgan fingerprint density at radius 3 is 2.81 bits per heavy atom. The average Bonchev–Trinajstić information content (AvgIpc) is 3.33. The number of rotatable bonds is 8. The van der Waals surface area contributed by atoms with Gasteiger partial charge in [-0.2, -0.15) is 0 Å². The Balaban J connectivity index is 1.56. The van der Waals surface area contributed by atoms with Gasteiger partial charge in [0.1, 0.15) is 29.5 Å². The van der Waals surface area contributed by atoms with Gasteiger partial charge in [-0.15, -0.1) is 16.9 Å². The maximum atomic E-state index is 13.0. The maximum Gasteiger partial charge on any atom is 0.355 e. The van der Waals surface area contributed by atoms with E-state index in [1.54, 1.807) is 48.9 Å². The second-order valence-corrected chi connectivity index (χ2v) is 8.35. The molecule has 2 amide bonds. The molecule has 1 fully saturated rings. The molecule has 0 saturated carbocycles. The van der Waals surface area contributed by atoms with Gasteiger partial charge in [0.05, 0.1) is 12.8 Å². The summed E-state index contributed by atoms with van der Waals surface area (Å²) in [5, 5.41) is 7.90. The first kappa shape index (κ1) is 21.1. The van der Waals surface area contributed by atoms with Crippen molar-refractivity contribution in [3.8, 4) is 5.75 Å². The third-order valence-corrected chi connectivity index (χ3v) is 6.62. The molecular weight excluding hydrogens is 440 g/mol. The molecule has 0 bridgehead atoms. The fraction of sp³-hybridized carbons (Fsp3) is 0.250. The second kappa shape index (κ2) is 9.31. The first-order chi connectivity index (χ1) is 15.1. The molecule has 31 heavy (non-hydrogen) atoms. The fourth-order valence-corrected chi connectivity index (χ4v) is 4.97. The number of methoxy groups -OCH3 is 1. The van der Waals surface area contributed by atoms with E-state index in [-0.39, 0.29) is 23.6 Å². The third kappa shape index (κ3) is 4.32. The summed E-state index contributed by atoms with van der Waals surface area (Å²) in [6.45, 7) is 0.0508. The van der Waals surface area contributed by atoms with Gasteiger partial charge in [0.2, 0.25) is 6.41 Å². The molecule has 1 N–H and O–H groups in total. The zero-order chi connectivity index (χ0) is 21.8. The summed E-state index contributed by atoms with van der Waals surface area (Å²) in [6.07, 6.45) is 3.98. The number of β-lactam (4-membered cyclic amide) rings is 1. The van der Waals surface area contributed by atoms with Gasteiger partial charge in [-0.3, -0.25) is 14.5 Å². The minimum Gasteiger partial charge on any atom is -0.497 e. The van der Waals surface area contributed by atoms with Crippen molar-refractivity contribution in [3.63, 3.8) is 0 Å². The van der Waals surface area contributed by atoms with Crippen molar-refractivity contribution in [1.29, 1.82) is 0 Å². The van der Waals surface area contributed by atoms with Crippen molar-refractivity contribution >= 4 is 47.7 Å². The molecule has 0 spiro atoms. The topological polar surface area (TPSA) is 111 Å². The minimum atomic E-state index is -0.653. The SMILES string of the molecule is COc1ccc(COC(=O)C2=C(/C=C\c3csnn3)CS[C@@H]3C(NC=O)C(=O)N23)cc1. The van der Waals surface area contributed by atoms with E-state index in [2.05, 4.69) is 14.9 Å². The number of nitrogens with zero attached hydrogens (tertiary/aromatic N) is 3. The highest BCUT2D eigenvalue weighted by Crippen LogP contribution is 2.41. The Labute approximate surface area is 186 Å². The zero-order valence-corrected chi connectivity index (χ0v) is 18.0. The number of allylic oxidation sites excluding steroid dienone is 1. The predicted molar refractivity (Wildman–Crippen MR) is 115 cm³/mol. The van der Waals surface area contributed by atoms with Crippen LogP contribution in [0.5, 0.6) is 5.75 Å². The van der Waals surface area contributed by atoms with E-state index in [0.29, 0.717) is 29.2 Å². The van der Waals surface area contributed by atoms with Crippen LogP contribution in [0.1, 0.15) is 11.3 Å². The molecule has 1 aromatic heterocycles. The predicted octanol–water partition coefficient (Wildman–Crippen LogP) is 1.59. The van der Waals surface area contributed by atoms with E-state index in [4.69, 9.17) is 9.47 Å². The molecule has 2 aliphatic rings. The maximum absolute atomic E-state index is 13.0. The normalized spacial score (nSPS) is 20.3. The minimum absolute atomic E-state index is 0.0508. The number of nitrogens with one attached hydrogen (secondary N) is 1. The largest absolute Gasteiger partial charge is 0.497 e. The molecule has 2 atom stereocenters. The van der Waals surface area contributed by atoms with Crippen LogP contribution in [-0.2, 0) is 25.7 Å². The lowest BCUT2D eigenvalue weighted by Gasteiger charge is -2.49. The van der Waals surface area contributed by atoms with Crippen molar-refractivity contribution in [3.05, 3.63) is 58.2 Å². The molecule has 1 unspecified atom stereocenters. The van der Waals surface area contributed by atoms with Crippen molar-refractivity contribution < 1.29 is 23.9 Å². The highest BCUT2D eigenvalue weighted by Gasteiger charge is 2.53. The van der Waals surface area contributed by atoms with E-state index in [1.165, 1.54) is 28.2 Å². The smallest absolute Gasteiger partial charge is 0.355 e. The van der Waals surface area contributed by atoms with Crippen molar-refractivity contribution in [2.45, 2.75) is 18.0 Å². The quantitative estimate of drug-likeness (QED) is 0.361. The lowest BCUT2D eigenvalue weighted by molar-refractivity contribution is -0.152. The summed E-state index contributed by atoms with van der Waals surface area (Å²) >= 11 is 2.69. The Bertz CT molecular complexity index is 1040. The number of hydrogen-bond donors (Lipinski definition) is 1. The van der Waals surface area contributed by atoms with E-state index in [9.17, 15) is 14.4 Å². The van der Waals surface area contributed by atoms with Crippen molar-refractivity contribution in [2.24, 2.45) is 0 Å². The highest BCUT2D eigenvalue weighted by molar-refractivity contribution is 8.00. The van der Waals surface area contributed by atoms with Crippen LogP contribution in [0, 0.1) is 0 Å². The molecule has 2 aliphatic heterocycles. The number of hydrogen-bond acceptors (Lipinski definition) is 9. The van der Waals surface area contributed by atoms with Gasteiger partial charge in [-0.1, -0.05) is 22.7 Å². The molecule has 0 aliphatic carbocycles. The molecule has 0 radical (unpaired) electrons. The van der Waals surface area contributed by atoms with E-state index in [0.717, 1.165) is 5.56 Å². The molecule has 2 aromatic rings. The van der Waals surface area contributed by atoms with E-state index < -0.39 is 12.0 Å². The molecular formula is C20H18N4O5S2. The number of amides is 2. The first-order valence-corrected chi connectivity index (χ1v) is 11.1. The summed E-state index contributed by atoms with van der Waals surface area (Å²) in [4.78, 5) is 37.8. The molecule has 4 rings (SSSR count). The number of fused-ring (bicyclic) bond motifs is 1. The van der Waals surface area contributed by atoms with E-state index >= 15 is 0 Å². The zero-order valence-electron chi connectivity index (χ0n) is 16.4. The van der Waals surface area contributed by atoms with Crippen LogP contribution in [0.25, 0.3) is 6.08 Å².